The number of fused-ring (bicyclic) bond motifs is 3. The van der Waals surface area contributed by atoms with E-state index in [2.05, 4.69) is 10.3 Å². The molecule has 12 heteroatoms. The van der Waals surface area contributed by atoms with Gasteiger partial charge in [0, 0.05) is 12.0 Å². The zero-order valence-electron chi connectivity index (χ0n) is 15.1. The molecule has 0 spiro atoms. The molecule has 1 aromatic carbocycles. The second-order valence-corrected chi connectivity index (χ2v) is 7.10. The number of aromatic nitrogens is 2. The summed E-state index contributed by atoms with van der Waals surface area (Å²) in [5.41, 5.74) is -2.95. The zero-order valence-corrected chi connectivity index (χ0v) is 15.1. The van der Waals surface area contributed by atoms with E-state index in [4.69, 9.17) is 4.42 Å². The average Bonchev–Trinajstić information content (AvgIpc) is 3.02. The number of benzene rings is 1. The summed E-state index contributed by atoms with van der Waals surface area (Å²) >= 11 is 0. The van der Waals surface area contributed by atoms with Crippen molar-refractivity contribution >= 4 is 22.0 Å². The lowest BCUT2D eigenvalue weighted by Crippen LogP contribution is -2.27. The van der Waals surface area contributed by atoms with Gasteiger partial charge in [0.25, 0.3) is 0 Å². The highest BCUT2D eigenvalue weighted by atomic mass is 19.4. The van der Waals surface area contributed by atoms with Crippen LogP contribution in [0.4, 0.5) is 30.7 Å². The Balaban J connectivity index is 2.04. The van der Waals surface area contributed by atoms with Crippen molar-refractivity contribution in [2.75, 3.05) is 13.1 Å². The minimum Gasteiger partial charge on any atom is -0.458 e. The first-order chi connectivity index (χ1) is 14.0. The van der Waals surface area contributed by atoms with Crippen molar-refractivity contribution in [3.05, 3.63) is 39.8 Å². The molecule has 1 aliphatic heterocycles. The van der Waals surface area contributed by atoms with E-state index < -0.39 is 52.6 Å². The lowest BCUT2D eigenvalue weighted by atomic mass is 9.95. The first kappa shape index (κ1) is 20.6. The van der Waals surface area contributed by atoms with Crippen LogP contribution >= 0.6 is 0 Å². The van der Waals surface area contributed by atoms with Crippen molar-refractivity contribution < 1.29 is 35.2 Å². The fraction of sp³-hybridized carbons (Fsp3) is 0.444. The van der Waals surface area contributed by atoms with Crippen LogP contribution in [0.15, 0.2) is 21.3 Å². The maximum atomic E-state index is 14.6. The Bertz CT molecular complexity index is 1170. The topological polar surface area (TPSA) is 60.1 Å². The van der Waals surface area contributed by atoms with Gasteiger partial charge in [0.05, 0.1) is 5.39 Å². The number of hydrogen-bond acceptors (Lipinski definition) is 4. The molecule has 162 valence electrons. The van der Waals surface area contributed by atoms with Crippen LogP contribution in [0.2, 0.25) is 0 Å². The lowest BCUT2D eigenvalue weighted by Gasteiger charge is -2.21. The second-order valence-electron chi connectivity index (χ2n) is 7.10. The van der Waals surface area contributed by atoms with Gasteiger partial charge in [0.2, 0.25) is 5.82 Å². The van der Waals surface area contributed by atoms with Gasteiger partial charge in [-0.25, -0.2) is 9.37 Å². The van der Waals surface area contributed by atoms with Gasteiger partial charge >= 0.3 is 12.4 Å². The molecule has 4 rings (SSSR count). The smallest absolute Gasteiger partial charge is 0.449 e. The molecule has 0 radical (unpaired) electrons. The van der Waals surface area contributed by atoms with Gasteiger partial charge in [0.1, 0.15) is 29.2 Å². The van der Waals surface area contributed by atoms with E-state index in [1.54, 1.807) is 0 Å². The highest BCUT2D eigenvalue weighted by molar-refractivity contribution is 6.01. The maximum absolute atomic E-state index is 14.6. The molecule has 1 N–H and O–H groups in total. The molecule has 1 aliphatic rings. The molecule has 3 heterocycles. The molecular weight excluding hydrogens is 423 g/mol. The Hall–Kier alpha value is -2.63. The van der Waals surface area contributed by atoms with Gasteiger partial charge in [-0.15, -0.1) is 0 Å². The minimum absolute atomic E-state index is 0.181. The van der Waals surface area contributed by atoms with Crippen molar-refractivity contribution in [3.8, 4) is 0 Å². The van der Waals surface area contributed by atoms with E-state index in [1.165, 1.54) is 0 Å². The molecule has 0 aliphatic carbocycles. The average molecular weight is 437 g/mol. The van der Waals surface area contributed by atoms with Gasteiger partial charge in [-0.2, -0.15) is 26.3 Å². The number of nitrogens with one attached hydrogen (secondary N) is 1. The third-order valence-corrected chi connectivity index (χ3v) is 5.02. The molecular formula is C18H14F7N3O2. The number of imidazole rings is 1. The van der Waals surface area contributed by atoms with Gasteiger partial charge in [-0.1, -0.05) is 0 Å². The van der Waals surface area contributed by atoms with Crippen LogP contribution in [0, 0.1) is 5.82 Å². The summed E-state index contributed by atoms with van der Waals surface area (Å²) < 4.78 is 98.8. The van der Waals surface area contributed by atoms with Crippen molar-refractivity contribution in [1.29, 1.82) is 0 Å². The van der Waals surface area contributed by atoms with Crippen LogP contribution in [0.1, 0.15) is 30.3 Å². The highest BCUT2D eigenvalue weighted by Crippen LogP contribution is 2.37. The summed E-state index contributed by atoms with van der Waals surface area (Å²) in [5.74, 6) is -3.37. The number of piperidine rings is 1. The molecule has 0 atom stereocenters. The van der Waals surface area contributed by atoms with Crippen LogP contribution in [-0.4, -0.2) is 28.8 Å². The fourth-order valence-corrected chi connectivity index (χ4v) is 3.74. The van der Waals surface area contributed by atoms with Crippen molar-refractivity contribution in [2.24, 2.45) is 0 Å². The Morgan fingerprint density at radius 3 is 2.40 bits per heavy atom. The summed E-state index contributed by atoms with van der Waals surface area (Å²) in [4.78, 5) is 15.7. The van der Waals surface area contributed by atoms with Gasteiger partial charge in [0.15, 0.2) is 11.0 Å². The molecule has 1 saturated heterocycles. The van der Waals surface area contributed by atoms with Crippen molar-refractivity contribution in [3.63, 3.8) is 0 Å². The Kier molecular flexibility index (Phi) is 4.79. The number of nitrogens with zero attached hydrogens (tertiary/aromatic N) is 2. The molecule has 0 amide bonds. The van der Waals surface area contributed by atoms with E-state index in [1.807, 2.05) is 0 Å². The molecule has 3 aromatic rings. The molecule has 2 aromatic heterocycles. The zero-order chi connectivity index (χ0) is 21.8. The van der Waals surface area contributed by atoms with E-state index in [9.17, 15) is 35.5 Å². The van der Waals surface area contributed by atoms with E-state index in [0.29, 0.717) is 32.0 Å². The van der Waals surface area contributed by atoms with E-state index in [-0.39, 0.29) is 21.6 Å². The normalized spacial score (nSPS) is 16.6. The maximum Gasteiger partial charge on any atom is 0.449 e. The predicted octanol–water partition coefficient (Wildman–Crippen LogP) is 4.33. The number of hydrogen-bond donors (Lipinski definition) is 1. The third-order valence-electron chi connectivity index (χ3n) is 5.02. The van der Waals surface area contributed by atoms with E-state index in [0.717, 1.165) is 6.07 Å². The van der Waals surface area contributed by atoms with Crippen LogP contribution < -0.4 is 10.7 Å². The highest BCUT2D eigenvalue weighted by Gasteiger charge is 2.42. The summed E-state index contributed by atoms with van der Waals surface area (Å²) in [6, 6.07) is 1.73. The van der Waals surface area contributed by atoms with Gasteiger partial charge < -0.3 is 14.3 Å². The number of rotatable bonds is 2. The quantitative estimate of drug-likeness (QED) is 0.607. The largest absolute Gasteiger partial charge is 0.458 e. The Morgan fingerprint density at radius 2 is 1.80 bits per heavy atom. The summed E-state index contributed by atoms with van der Waals surface area (Å²) in [6.45, 7) is -0.841. The minimum atomic E-state index is -5.28. The van der Waals surface area contributed by atoms with E-state index >= 15 is 0 Å². The molecule has 0 saturated carbocycles. The number of alkyl halides is 6. The van der Waals surface area contributed by atoms with Crippen molar-refractivity contribution in [2.45, 2.75) is 37.7 Å². The van der Waals surface area contributed by atoms with Crippen LogP contribution in [0.5, 0.6) is 0 Å². The van der Waals surface area contributed by atoms with Gasteiger partial charge in [-0.3, -0.25) is 4.79 Å². The third kappa shape index (κ3) is 3.64. The second kappa shape index (κ2) is 6.96. The lowest BCUT2D eigenvalue weighted by molar-refractivity contribution is -0.160. The van der Waals surface area contributed by atoms with Gasteiger partial charge in [-0.05, 0) is 32.0 Å². The van der Waals surface area contributed by atoms with Crippen LogP contribution in [-0.2, 0) is 12.7 Å². The van der Waals surface area contributed by atoms with Crippen LogP contribution in [0.25, 0.3) is 22.0 Å². The van der Waals surface area contributed by atoms with Crippen molar-refractivity contribution in [1.82, 2.24) is 14.9 Å². The van der Waals surface area contributed by atoms with Crippen LogP contribution in [0.3, 0.4) is 0 Å². The first-order valence-electron chi connectivity index (χ1n) is 8.97. The monoisotopic (exact) mass is 437 g/mol. The molecule has 0 unspecified atom stereocenters. The SMILES string of the molecule is O=c1cc(C2CCNCC2)oc2c1cc(F)c1c2nc(C(F)(F)F)n1CC(F)(F)F. The summed E-state index contributed by atoms with van der Waals surface area (Å²) in [7, 11) is 0. The molecule has 1 fully saturated rings. The first-order valence-corrected chi connectivity index (χ1v) is 8.97. The Morgan fingerprint density at radius 1 is 1.13 bits per heavy atom. The molecule has 5 nitrogen and oxygen atoms in total. The fourth-order valence-electron chi connectivity index (χ4n) is 3.74. The summed E-state index contributed by atoms with van der Waals surface area (Å²) in [5, 5.41) is 2.72. The molecule has 0 bridgehead atoms. The Labute approximate surface area is 163 Å². The number of halogens is 7. The standard InChI is InChI=1S/C18H14F7N3O2/c19-10-5-9-11(29)6-12(8-1-3-26-4-2-8)30-15(9)13-14(10)28(7-17(20,21)22)16(27-13)18(23,24)25/h5-6,8,26H,1-4,7H2. The summed E-state index contributed by atoms with van der Waals surface area (Å²) in [6.07, 6.45) is -9.16. The molecule has 30 heavy (non-hydrogen) atoms. The predicted molar refractivity (Wildman–Crippen MR) is 91.6 cm³/mol.